The maximum Gasteiger partial charge on any atom is 0.244 e. The number of nitrogens with zero attached hydrogens (tertiary/aromatic N) is 2. The molecule has 1 aliphatic rings. The number of aromatic nitrogens is 1. The van der Waals surface area contributed by atoms with Crippen LogP contribution in [0.2, 0.25) is 10.0 Å². The van der Waals surface area contributed by atoms with Gasteiger partial charge in [-0.15, -0.1) is 0 Å². The van der Waals surface area contributed by atoms with E-state index in [0.717, 1.165) is 25.9 Å². The Labute approximate surface area is 134 Å². The number of pyridine rings is 1. The zero-order valence-corrected chi connectivity index (χ0v) is 13.3. The first-order valence-electron chi connectivity index (χ1n) is 6.91. The lowest BCUT2D eigenvalue weighted by atomic mass is 10.1. The Kier molecular flexibility index (Phi) is 5.50. The fraction of sp³-hybridized carbons (Fsp3) is 0.538. The van der Waals surface area contributed by atoms with Crippen LogP contribution in [-0.4, -0.2) is 34.9 Å². The Morgan fingerprint density at radius 1 is 1.29 bits per heavy atom. The zero-order chi connectivity index (χ0) is 15.4. The molecule has 8 heteroatoms. The average Bonchev–Trinajstić information content (AvgIpc) is 2.50. The smallest absolute Gasteiger partial charge is 0.244 e. The van der Waals surface area contributed by atoms with Crippen LogP contribution in [-0.2, 0) is 4.79 Å². The van der Waals surface area contributed by atoms with E-state index in [1.807, 2.05) is 4.90 Å². The number of carbonyl (C=O) groups excluding carboxylic acids is 1. The van der Waals surface area contributed by atoms with Gasteiger partial charge in [0, 0.05) is 13.1 Å². The van der Waals surface area contributed by atoms with Crippen molar-refractivity contribution in [3.63, 3.8) is 0 Å². The van der Waals surface area contributed by atoms with Crippen LogP contribution in [0.15, 0.2) is 6.07 Å². The first-order chi connectivity index (χ1) is 10.0. The Balaban J connectivity index is 2.08. The highest BCUT2D eigenvalue weighted by molar-refractivity contribution is 6.37. The van der Waals surface area contributed by atoms with Gasteiger partial charge in [-0.3, -0.25) is 4.79 Å². The molecule has 2 rings (SSSR count). The number of rotatable bonds is 4. The van der Waals surface area contributed by atoms with Gasteiger partial charge in [0.15, 0.2) is 5.82 Å². The standard InChI is InChI=1S/C13H19Cl2N5O/c1-8(13(21)20-5-3-2-4-6-20)17-11-9(14)7-10(15)12(18-11)19-16/h7-8H,2-6,16H2,1H3,(H2,17,18,19). The molecule has 0 aliphatic carbocycles. The Morgan fingerprint density at radius 3 is 2.52 bits per heavy atom. The fourth-order valence-corrected chi connectivity index (χ4v) is 2.79. The molecule has 1 atom stereocenters. The maximum atomic E-state index is 12.4. The summed E-state index contributed by atoms with van der Waals surface area (Å²) in [7, 11) is 0. The van der Waals surface area contributed by atoms with E-state index in [-0.39, 0.29) is 5.91 Å². The highest BCUT2D eigenvalue weighted by Gasteiger charge is 2.23. The van der Waals surface area contributed by atoms with Gasteiger partial charge in [-0.2, -0.15) is 0 Å². The molecule has 1 saturated heterocycles. The number of hydrazine groups is 1. The Bertz CT molecular complexity index is 520. The Hall–Kier alpha value is -1.24. The summed E-state index contributed by atoms with van der Waals surface area (Å²) in [6, 6.07) is 1.12. The van der Waals surface area contributed by atoms with Crippen molar-refractivity contribution >= 4 is 40.7 Å². The van der Waals surface area contributed by atoms with Crippen molar-refractivity contribution in [3.05, 3.63) is 16.1 Å². The third kappa shape index (κ3) is 3.90. The summed E-state index contributed by atoms with van der Waals surface area (Å²) in [5.41, 5.74) is 2.39. The first-order valence-corrected chi connectivity index (χ1v) is 7.66. The molecule has 0 aromatic carbocycles. The van der Waals surface area contributed by atoms with Crippen molar-refractivity contribution in [2.45, 2.75) is 32.2 Å². The second-order valence-corrected chi connectivity index (χ2v) is 5.86. The third-order valence-electron chi connectivity index (χ3n) is 3.46. The summed E-state index contributed by atoms with van der Waals surface area (Å²) in [6.45, 7) is 3.41. The van der Waals surface area contributed by atoms with Crippen LogP contribution in [0.3, 0.4) is 0 Å². The van der Waals surface area contributed by atoms with Crippen LogP contribution >= 0.6 is 23.2 Å². The van der Waals surface area contributed by atoms with Gasteiger partial charge >= 0.3 is 0 Å². The predicted molar refractivity (Wildman–Crippen MR) is 85.6 cm³/mol. The summed E-state index contributed by atoms with van der Waals surface area (Å²) in [6.07, 6.45) is 3.29. The minimum atomic E-state index is -0.417. The normalized spacial score (nSPS) is 16.5. The molecular formula is C13H19Cl2N5O. The van der Waals surface area contributed by atoms with Gasteiger partial charge in [0.1, 0.15) is 11.9 Å². The fourth-order valence-electron chi connectivity index (χ4n) is 2.32. The minimum absolute atomic E-state index is 0.0461. The summed E-state index contributed by atoms with van der Waals surface area (Å²) >= 11 is 12.0. The summed E-state index contributed by atoms with van der Waals surface area (Å²) in [5, 5.41) is 3.69. The van der Waals surface area contributed by atoms with Crippen molar-refractivity contribution in [2.24, 2.45) is 5.84 Å². The number of halogens is 2. The summed E-state index contributed by atoms with van der Waals surface area (Å²) in [5.74, 6) is 6.07. The number of likely N-dealkylation sites (tertiary alicyclic amines) is 1. The molecule has 1 aromatic heterocycles. The van der Waals surface area contributed by atoms with E-state index in [2.05, 4.69) is 15.7 Å². The summed E-state index contributed by atoms with van der Waals surface area (Å²) in [4.78, 5) is 18.4. The van der Waals surface area contributed by atoms with Crippen molar-refractivity contribution in [2.75, 3.05) is 23.8 Å². The lowest BCUT2D eigenvalue weighted by molar-refractivity contribution is -0.132. The van der Waals surface area contributed by atoms with Gasteiger partial charge in [0.2, 0.25) is 5.91 Å². The highest BCUT2D eigenvalue weighted by atomic mass is 35.5. The van der Waals surface area contributed by atoms with Crippen molar-refractivity contribution in [1.29, 1.82) is 0 Å². The van der Waals surface area contributed by atoms with E-state index in [0.29, 0.717) is 21.7 Å². The highest BCUT2D eigenvalue weighted by Crippen LogP contribution is 2.29. The van der Waals surface area contributed by atoms with Crippen LogP contribution in [0.25, 0.3) is 0 Å². The molecule has 1 amide bonds. The molecule has 1 fully saturated rings. The molecule has 1 aliphatic heterocycles. The average molecular weight is 332 g/mol. The number of hydrogen-bond acceptors (Lipinski definition) is 5. The van der Waals surface area contributed by atoms with E-state index in [9.17, 15) is 4.79 Å². The SMILES string of the molecule is CC(Nc1nc(NN)c(Cl)cc1Cl)C(=O)N1CCCCC1. The first kappa shape index (κ1) is 16.1. The second-order valence-electron chi connectivity index (χ2n) is 5.05. The second kappa shape index (κ2) is 7.15. The third-order valence-corrected chi connectivity index (χ3v) is 4.03. The van der Waals surface area contributed by atoms with Gasteiger partial charge in [-0.25, -0.2) is 10.8 Å². The van der Waals surface area contributed by atoms with E-state index >= 15 is 0 Å². The molecular weight excluding hydrogens is 313 g/mol. The molecule has 116 valence electrons. The topological polar surface area (TPSA) is 83.3 Å². The van der Waals surface area contributed by atoms with Crippen molar-refractivity contribution in [1.82, 2.24) is 9.88 Å². The van der Waals surface area contributed by atoms with Crippen LogP contribution in [0.4, 0.5) is 11.6 Å². The summed E-state index contributed by atoms with van der Waals surface area (Å²) < 4.78 is 0. The molecule has 4 N–H and O–H groups in total. The van der Waals surface area contributed by atoms with E-state index < -0.39 is 6.04 Å². The minimum Gasteiger partial charge on any atom is -0.357 e. The quantitative estimate of drug-likeness (QED) is 0.583. The molecule has 21 heavy (non-hydrogen) atoms. The number of nitrogens with one attached hydrogen (secondary N) is 2. The lowest BCUT2D eigenvalue weighted by Gasteiger charge is -2.29. The van der Waals surface area contributed by atoms with Crippen molar-refractivity contribution in [3.8, 4) is 0 Å². The van der Waals surface area contributed by atoms with Crippen LogP contribution in [0.5, 0.6) is 0 Å². The number of carbonyl (C=O) groups is 1. The lowest BCUT2D eigenvalue weighted by Crippen LogP contribution is -2.44. The molecule has 0 radical (unpaired) electrons. The largest absolute Gasteiger partial charge is 0.357 e. The van der Waals surface area contributed by atoms with Gasteiger partial charge < -0.3 is 15.6 Å². The maximum absolute atomic E-state index is 12.4. The molecule has 0 spiro atoms. The van der Waals surface area contributed by atoms with Gasteiger partial charge in [0.05, 0.1) is 10.0 Å². The molecule has 0 bridgehead atoms. The van der Waals surface area contributed by atoms with E-state index in [1.165, 1.54) is 12.5 Å². The number of amides is 1. The van der Waals surface area contributed by atoms with E-state index in [1.54, 1.807) is 6.92 Å². The number of nitrogens with two attached hydrogens (primary N) is 1. The molecule has 6 nitrogen and oxygen atoms in total. The number of hydrogen-bond donors (Lipinski definition) is 3. The van der Waals surface area contributed by atoms with Gasteiger partial charge in [0.25, 0.3) is 0 Å². The number of nitrogen functional groups attached to an aromatic ring is 1. The van der Waals surface area contributed by atoms with Crippen LogP contribution < -0.4 is 16.6 Å². The molecule has 2 heterocycles. The molecule has 0 saturated carbocycles. The molecule has 1 unspecified atom stereocenters. The van der Waals surface area contributed by atoms with Gasteiger partial charge in [-0.05, 0) is 32.3 Å². The number of piperidine rings is 1. The van der Waals surface area contributed by atoms with Crippen LogP contribution in [0, 0.1) is 0 Å². The van der Waals surface area contributed by atoms with Crippen LogP contribution in [0.1, 0.15) is 26.2 Å². The zero-order valence-electron chi connectivity index (χ0n) is 11.8. The van der Waals surface area contributed by atoms with Gasteiger partial charge in [-0.1, -0.05) is 23.2 Å². The Morgan fingerprint density at radius 2 is 1.90 bits per heavy atom. The van der Waals surface area contributed by atoms with Crippen molar-refractivity contribution < 1.29 is 4.79 Å². The predicted octanol–water partition coefficient (Wildman–Crippen LogP) is 2.49. The molecule has 1 aromatic rings. The monoisotopic (exact) mass is 331 g/mol. The van der Waals surface area contributed by atoms with E-state index in [4.69, 9.17) is 29.0 Å². The number of anilines is 2.